The van der Waals surface area contributed by atoms with E-state index in [9.17, 15) is 5.26 Å². The molecule has 0 bridgehead atoms. The van der Waals surface area contributed by atoms with Crippen molar-refractivity contribution >= 4 is 28.2 Å². The highest BCUT2D eigenvalue weighted by Gasteiger charge is 2.22. The van der Waals surface area contributed by atoms with Gasteiger partial charge in [-0.25, -0.2) is 9.97 Å². The van der Waals surface area contributed by atoms with Gasteiger partial charge in [0.05, 0.1) is 17.8 Å². The Balaban J connectivity index is 1.71. The molecule has 0 radical (unpaired) electrons. The van der Waals surface area contributed by atoms with E-state index in [0.717, 1.165) is 65.2 Å². The van der Waals surface area contributed by atoms with Crippen LogP contribution < -0.4 is 10.2 Å². The first-order chi connectivity index (χ1) is 15.5. The van der Waals surface area contributed by atoms with Crippen molar-refractivity contribution in [1.82, 2.24) is 14.4 Å². The highest BCUT2D eigenvalue weighted by Crippen LogP contribution is 2.33. The van der Waals surface area contributed by atoms with Crippen molar-refractivity contribution in [2.75, 3.05) is 23.3 Å². The van der Waals surface area contributed by atoms with E-state index in [1.807, 2.05) is 10.6 Å². The van der Waals surface area contributed by atoms with E-state index in [4.69, 9.17) is 4.98 Å². The number of aromatic nitrogens is 3. The number of aryl methyl sites for hydroxylation is 2. The van der Waals surface area contributed by atoms with Crippen molar-refractivity contribution in [2.45, 2.75) is 46.1 Å². The second kappa shape index (κ2) is 8.16. The molecule has 2 aromatic heterocycles. The monoisotopic (exact) mass is 424 g/mol. The number of piperidine rings is 1. The van der Waals surface area contributed by atoms with Crippen LogP contribution in [-0.2, 0) is 0 Å². The summed E-state index contributed by atoms with van der Waals surface area (Å²) in [7, 11) is 0. The molecule has 32 heavy (non-hydrogen) atoms. The summed E-state index contributed by atoms with van der Waals surface area (Å²) in [5.74, 6) is 0.884. The summed E-state index contributed by atoms with van der Waals surface area (Å²) in [4.78, 5) is 12.2. The summed E-state index contributed by atoms with van der Waals surface area (Å²) < 4.78 is 2.01. The minimum Gasteiger partial charge on any atom is -0.378 e. The van der Waals surface area contributed by atoms with E-state index in [1.54, 1.807) is 0 Å². The summed E-state index contributed by atoms with van der Waals surface area (Å²) in [5.41, 5.74) is 6.82. The third-order valence-electron chi connectivity index (χ3n) is 6.39. The molecule has 0 aliphatic carbocycles. The second-order valence-electron chi connectivity index (χ2n) is 8.82. The lowest BCUT2D eigenvalue weighted by molar-refractivity contribution is 0.567. The van der Waals surface area contributed by atoms with Crippen LogP contribution in [0, 0.1) is 25.2 Å². The van der Waals surface area contributed by atoms with E-state index in [1.165, 1.54) is 12.0 Å². The Bertz CT molecular complexity index is 1340. The Morgan fingerprint density at radius 1 is 1.06 bits per heavy atom. The topological polar surface area (TPSA) is 69.2 Å². The number of imidazole rings is 1. The van der Waals surface area contributed by atoms with Gasteiger partial charge in [-0.3, -0.25) is 4.40 Å². The van der Waals surface area contributed by atoms with Crippen LogP contribution in [0.4, 0.5) is 11.6 Å². The molecule has 1 fully saturated rings. The van der Waals surface area contributed by atoms with Crippen LogP contribution >= 0.6 is 0 Å². The molecule has 162 valence electrons. The van der Waals surface area contributed by atoms with Gasteiger partial charge < -0.3 is 10.2 Å². The highest BCUT2D eigenvalue weighted by atomic mass is 15.3. The lowest BCUT2D eigenvalue weighted by atomic mass is 10.0. The molecule has 3 heterocycles. The SMILES string of the molecule is Cc1cc(C(C)Nc2ccccc2C)c2nc(N3CCCCC3)n3cc(C#N)nc3c2c1. The zero-order valence-corrected chi connectivity index (χ0v) is 18.9. The van der Waals surface area contributed by atoms with Crippen LogP contribution in [0.5, 0.6) is 0 Å². The van der Waals surface area contributed by atoms with Crippen molar-refractivity contribution in [2.24, 2.45) is 0 Å². The number of benzene rings is 2. The molecular weight excluding hydrogens is 396 g/mol. The van der Waals surface area contributed by atoms with Crippen molar-refractivity contribution in [3.63, 3.8) is 0 Å². The maximum atomic E-state index is 9.53. The average molecular weight is 425 g/mol. The van der Waals surface area contributed by atoms with Gasteiger partial charge in [0.15, 0.2) is 11.3 Å². The number of anilines is 2. The predicted octanol–water partition coefficient (Wildman–Crippen LogP) is 5.53. The minimum absolute atomic E-state index is 0.0630. The van der Waals surface area contributed by atoms with Crippen molar-refractivity contribution < 1.29 is 0 Å². The van der Waals surface area contributed by atoms with E-state index in [0.29, 0.717) is 5.69 Å². The summed E-state index contributed by atoms with van der Waals surface area (Å²) in [6.45, 7) is 8.36. The first-order valence-corrected chi connectivity index (χ1v) is 11.4. The smallest absolute Gasteiger partial charge is 0.211 e. The van der Waals surface area contributed by atoms with Crippen LogP contribution in [0.25, 0.3) is 16.6 Å². The molecule has 5 rings (SSSR count). The maximum absolute atomic E-state index is 9.53. The lowest BCUT2D eigenvalue weighted by Crippen LogP contribution is -2.32. The number of para-hydroxylation sites is 1. The molecule has 2 aromatic carbocycles. The number of nitrogens with zero attached hydrogens (tertiary/aromatic N) is 5. The van der Waals surface area contributed by atoms with E-state index >= 15 is 0 Å². The average Bonchev–Trinajstić information content (AvgIpc) is 3.25. The Morgan fingerprint density at radius 2 is 1.84 bits per heavy atom. The van der Waals surface area contributed by atoms with Gasteiger partial charge in [-0.2, -0.15) is 5.26 Å². The standard InChI is InChI=1S/C26H28N6/c1-17-13-21(19(3)28-23-10-6-5-9-18(23)2)24-22(14-17)25-29-20(15-27)16-32(25)26(30-24)31-11-7-4-8-12-31/h5-6,9-10,13-14,16,19,28H,4,7-8,11-12H2,1-3H3. The second-order valence-corrected chi connectivity index (χ2v) is 8.82. The number of nitriles is 1. The predicted molar refractivity (Wildman–Crippen MR) is 129 cm³/mol. The Morgan fingerprint density at radius 3 is 2.59 bits per heavy atom. The fourth-order valence-electron chi connectivity index (χ4n) is 4.73. The first kappa shape index (κ1) is 20.3. The number of fused-ring (bicyclic) bond motifs is 3. The van der Waals surface area contributed by atoms with Crippen molar-refractivity contribution in [3.8, 4) is 6.07 Å². The highest BCUT2D eigenvalue weighted by molar-refractivity contribution is 5.96. The largest absolute Gasteiger partial charge is 0.378 e. The molecule has 1 saturated heterocycles. The van der Waals surface area contributed by atoms with Gasteiger partial charge in [-0.1, -0.05) is 24.3 Å². The summed E-state index contributed by atoms with van der Waals surface area (Å²) in [6.07, 6.45) is 5.39. The Hall–Kier alpha value is -3.59. The van der Waals surface area contributed by atoms with Crippen molar-refractivity contribution in [3.05, 3.63) is 65.0 Å². The summed E-state index contributed by atoms with van der Waals surface area (Å²) >= 11 is 0. The summed E-state index contributed by atoms with van der Waals surface area (Å²) in [5, 5.41) is 14.2. The molecule has 0 saturated carbocycles. The molecule has 1 aliphatic rings. The van der Waals surface area contributed by atoms with Gasteiger partial charge in [-0.15, -0.1) is 0 Å². The van der Waals surface area contributed by atoms with Crippen LogP contribution in [0.1, 0.15) is 54.6 Å². The van der Waals surface area contributed by atoms with Crippen molar-refractivity contribution in [1.29, 1.82) is 5.26 Å². The molecule has 1 atom stereocenters. The molecule has 0 spiro atoms. The molecule has 4 aromatic rings. The van der Waals surface area contributed by atoms with Crippen LogP contribution in [0.3, 0.4) is 0 Å². The zero-order chi connectivity index (χ0) is 22.2. The summed E-state index contributed by atoms with van der Waals surface area (Å²) in [6, 6.07) is 15.0. The van der Waals surface area contributed by atoms with Gasteiger partial charge in [0.25, 0.3) is 0 Å². The number of rotatable bonds is 4. The quantitative estimate of drug-likeness (QED) is 0.466. The maximum Gasteiger partial charge on any atom is 0.211 e. The molecule has 0 amide bonds. The number of hydrogen-bond donors (Lipinski definition) is 1. The molecule has 1 unspecified atom stereocenters. The molecule has 6 nitrogen and oxygen atoms in total. The minimum atomic E-state index is 0.0630. The Labute approximate surface area is 188 Å². The van der Waals surface area contributed by atoms with Gasteiger partial charge in [0.2, 0.25) is 5.95 Å². The van der Waals surface area contributed by atoms with Gasteiger partial charge in [-0.05, 0) is 63.3 Å². The lowest BCUT2D eigenvalue weighted by Gasteiger charge is -2.29. The van der Waals surface area contributed by atoms with Gasteiger partial charge in [0, 0.05) is 29.7 Å². The molecular formula is C26H28N6. The molecule has 1 N–H and O–H groups in total. The van der Waals surface area contributed by atoms with Gasteiger partial charge >= 0.3 is 0 Å². The molecule has 6 heteroatoms. The molecule has 1 aliphatic heterocycles. The van der Waals surface area contributed by atoms with Gasteiger partial charge in [0.1, 0.15) is 6.07 Å². The van der Waals surface area contributed by atoms with E-state index in [-0.39, 0.29) is 6.04 Å². The fourth-order valence-corrected chi connectivity index (χ4v) is 4.73. The third-order valence-corrected chi connectivity index (χ3v) is 6.39. The Kier molecular flexibility index (Phi) is 5.18. The fraction of sp³-hybridized carbons (Fsp3) is 0.346. The number of nitrogens with one attached hydrogen (secondary N) is 1. The number of hydrogen-bond acceptors (Lipinski definition) is 5. The van der Waals surface area contributed by atoms with E-state index < -0.39 is 0 Å². The normalized spacial score (nSPS) is 15.1. The third kappa shape index (κ3) is 3.54. The van der Waals surface area contributed by atoms with Crippen LogP contribution in [0.15, 0.2) is 42.6 Å². The zero-order valence-electron chi connectivity index (χ0n) is 18.9. The van der Waals surface area contributed by atoms with Crippen LogP contribution in [-0.4, -0.2) is 27.5 Å². The van der Waals surface area contributed by atoms with Crippen LogP contribution in [0.2, 0.25) is 0 Å². The first-order valence-electron chi connectivity index (χ1n) is 11.4. The van der Waals surface area contributed by atoms with E-state index in [2.05, 4.69) is 78.4 Å².